The number of rotatable bonds is 8. The molecule has 1 N–H and O–H groups in total. The minimum Gasteiger partial charge on any atom is -0.493 e. The molecule has 0 aliphatic carbocycles. The Bertz CT molecular complexity index is 829. The number of aryl methyl sites for hydroxylation is 1. The lowest BCUT2D eigenvalue weighted by atomic mass is 10.1. The third-order valence-electron chi connectivity index (χ3n) is 5.39. The number of hydrogen-bond donors (Lipinski definition) is 1. The zero-order valence-electron chi connectivity index (χ0n) is 18.5. The topological polar surface area (TPSA) is 80.0 Å². The molecule has 0 amide bonds. The molecular weight excluding hydrogens is 382 g/mol. The number of guanidine groups is 1. The summed E-state index contributed by atoms with van der Waals surface area (Å²) in [6, 6.07) is 6.13. The molecule has 1 aliphatic heterocycles. The van der Waals surface area contributed by atoms with E-state index in [4.69, 9.17) is 9.47 Å². The summed E-state index contributed by atoms with van der Waals surface area (Å²) in [6.45, 7) is 8.47. The fourth-order valence-corrected chi connectivity index (χ4v) is 3.71. The largest absolute Gasteiger partial charge is 0.493 e. The van der Waals surface area contributed by atoms with Gasteiger partial charge in [-0.15, -0.1) is 10.2 Å². The van der Waals surface area contributed by atoms with Crippen LogP contribution in [0.25, 0.3) is 0 Å². The monoisotopic (exact) mass is 415 g/mol. The molecule has 9 nitrogen and oxygen atoms in total. The van der Waals surface area contributed by atoms with E-state index in [9.17, 15) is 0 Å². The first-order valence-electron chi connectivity index (χ1n) is 10.4. The normalized spacial score (nSPS) is 15.3. The van der Waals surface area contributed by atoms with Crippen LogP contribution in [0.2, 0.25) is 0 Å². The lowest BCUT2D eigenvalue weighted by Crippen LogP contribution is -2.52. The van der Waals surface area contributed by atoms with Crippen molar-refractivity contribution in [3.63, 3.8) is 0 Å². The number of ether oxygens (including phenoxy) is 2. The maximum atomic E-state index is 5.42. The Morgan fingerprint density at radius 3 is 2.57 bits per heavy atom. The van der Waals surface area contributed by atoms with Crippen LogP contribution in [0.1, 0.15) is 18.3 Å². The van der Waals surface area contributed by atoms with Crippen LogP contribution in [-0.2, 0) is 19.5 Å². The highest BCUT2D eigenvalue weighted by Gasteiger charge is 2.20. The van der Waals surface area contributed by atoms with E-state index < -0.39 is 0 Å². The highest BCUT2D eigenvalue weighted by molar-refractivity contribution is 5.79. The van der Waals surface area contributed by atoms with Gasteiger partial charge in [0.25, 0.3) is 0 Å². The quantitative estimate of drug-likeness (QED) is 0.513. The summed E-state index contributed by atoms with van der Waals surface area (Å²) >= 11 is 0. The van der Waals surface area contributed by atoms with Crippen molar-refractivity contribution in [1.29, 1.82) is 0 Å². The first-order chi connectivity index (χ1) is 14.7. The highest BCUT2D eigenvalue weighted by atomic mass is 16.5. The predicted molar refractivity (Wildman–Crippen MR) is 117 cm³/mol. The second-order valence-electron chi connectivity index (χ2n) is 7.22. The van der Waals surface area contributed by atoms with Gasteiger partial charge in [0.1, 0.15) is 12.2 Å². The van der Waals surface area contributed by atoms with Crippen LogP contribution < -0.4 is 14.8 Å². The Labute approximate surface area is 178 Å². The SMILES string of the molecule is CCc1nncn1CCNC(=NC)N1CCN(Cc2ccc(OC)c(OC)c2)CC1. The molecule has 3 rings (SSSR count). The van der Waals surface area contributed by atoms with Gasteiger partial charge < -0.3 is 24.3 Å². The highest BCUT2D eigenvalue weighted by Crippen LogP contribution is 2.28. The summed E-state index contributed by atoms with van der Waals surface area (Å²) < 4.78 is 12.8. The Morgan fingerprint density at radius 2 is 1.90 bits per heavy atom. The van der Waals surface area contributed by atoms with E-state index in [0.717, 1.165) is 75.5 Å². The summed E-state index contributed by atoms with van der Waals surface area (Å²) in [6.07, 6.45) is 2.67. The molecule has 0 atom stereocenters. The van der Waals surface area contributed by atoms with Crippen LogP contribution in [-0.4, -0.2) is 84.5 Å². The van der Waals surface area contributed by atoms with Crippen molar-refractivity contribution >= 4 is 5.96 Å². The second-order valence-corrected chi connectivity index (χ2v) is 7.22. The summed E-state index contributed by atoms with van der Waals surface area (Å²) in [5.41, 5.74) is 1.23. The van der Waals surface area contributed by atoms with E-state index in [-0.39, 0.29) is 0 Å². The third kappa shape index (κ3) is 5.41. The van der Waals surface area contributed by atoms with E-state index in [1.54, 1.807) is 20.5 Å². The van der Waals surface area contributed by atoms with Crippen molar-refractivity contribution in [3.8, 4) is 11.5 Å². The molecular formula is C21H33N7O2. The predicted octanol–water partition coefficient (Wildman–Crippen LogP) is 1.25. The number of aliphatic imine (C=N–C) groups is 1. The Morgan fingerprint density at radius 1 is 1.13 bits per heavy atom. The smallest absolute Gasteiger partial charge is 0.193 e. The van der Waals surface area contributed by atoms with Gasteiger partial charge in [-0.25, -0.2) is 0 Å². The molecule has 30 heavy (non-hydrogen) atoms. The molecule has 9 heteroatoms. The lowest BCUT2D eigenvalue weighted by molar-refractivity contribution is 0.172. The molecule has 1 aromatic heterocycles. The van der Waals surface area contributed by atoms with Crippen molar-refractivity contribution in [2.45, 2.75) is 26.4 Å². The van der Waals surface area contributed by atoms with Gasteiger partial charge in [-0.1, -0.05) is 13.0 Å². The number of methoxy groups -OCH3 is 2. The van der Waals surface area contributed by atoms with E-state index in [0.29, 0.717) is 0 Å². The summed E-state index contributed by atoms with van der Waals surface area (Å²) in [5, 5.41) is 11.6. The maximum absolute atomic E-state index is 5.42. The summed E-state index contributed by atoms with van der Waals surface area (Å²) in [4.78, 5) is 9.24. The van der Waals surface area contributed by atoms with Gasteiger partial charge in [0.05, 0.1) is 14.2 Å². The number of hydrogen-bond acceptors (Lipinski definition) is 6. The Hall–Kier alpha value is -2.81. The molecule has 164 valence electrons. The molecule has 1 aliphatic rings. The molecule has 2 heterocycles. The Balaban J connectivity index is 1.46. The van der Waals surface area contributed by atoms with Crippen LogP contribution in [0.4, 0.5) is 0 Å². The lowest BCUT2D eigenvalue weighted by Gasteiger charge is -2.36. The fraction of sp³-hybridized carbons (Fsp3) is 0.571. The van der Waals surface area contributed by atoms with Crippen LogP contribution in [0.3, 0.4) is 0 Å². The number of nitrogens with one attached hydrogen (secondary N) is 1. The first kappa shape index (κ1) is 21.9. The zero-order valence-corrected chi connectivity index (χ0v) is 18.5. The van der Waals surface area contributed by atoms with Crippen LogP contribution in [0.5, 0.6) is 11.5 Å². The average Bonchev–Trinajstić information content (AvgIpc) is 3.25. The molecule has 1 aromatic carbocycles. The van der Waals surface area contributed by atoms with Crippen LogP contribution in [0.15, 0.2) is 29.5 Å². The number of aromatic nitrogens is 3. The number of benzene rings is 1. The molecule has 0 bridgehead atoms. The van der Waals surface area contributed by atoms with Gasteiger partial charge >= 0.3 is 0 Å². The van der Waals surface area contributed by atoms with Gasteiger partial charge in [0.2, 0.25) is 0 Å². The van der Waals surface area contributed by atoms with Crippen molar-refractivity contribution in [2.24, 2.45) is 4.99 Å². The summed E-state index contributed by atoms with van der Waals surface area (Å²) in [5.74, 6) is 3.50. The first-order valence-corrected chi connectivity index (χ1v) is 10.4. The van der Waals surface area contributed by atoms with Crippen molar-refractivity contribution < 1.29 is 9.47 Å². The van der Waals surface area contributed by atoms with E-state index in [1.165, 1.54) is 5.56 Å². The molecule has 2 aromatic rings. The second kappa shape index (κ2) is 10.8. The van der Waals surface area contributed by atoms with Crippen LogP contribution in [0, 0.1) is 0 Å². The number of nitrogens with zero attached hydrogens (tertiary/aromatic N) is 6. The molecule has 1 saturated heterocycles. The minimum absolute atomic E-state index is 0.762. The van der Waals surface area contributed by atoms with Crippen molar-refractivity contribution in [2.75, 3.05) is 54.0 Å². The third-order valence-corrected chi connectivity index (χ3v) is 5.39. The molecule has 0 unspecified atom stereocenters. The van der Waals surface area contributed by atoms with Gasteiger partial charge in [-0.2, -0.15) is 0 Å². The molecule has 0 radical (unpaired) electrons. The zero-order chi connectivity index (χ0) is 21.3. The minimum atomic E-state index is 0.762. The van der Waals surface area contributed by atoms with Gasteiger partial charge in [0.15, 0.2) is 17.5 Å². The Kier molecular flexibility index (Phi) is 7.89. The molecule has 0 saturated carbocycles. The fourth-order valence-electron chi connectivity index (χ4n) is 3.71. The van der Waals surface area contributed by atoms with Gasteiger partial charge in [0, 0.05) is 59.3 Å². The molecule has 0 spiro atoms. The van der Waals surface area contributed by atoms with E-state index in [2.05, 4.69) is 53.9 Å². The maximum Gasteiger partial charge on any atom is 0.193 e. The molecule has 1 fully saturated rings. The van der Waals surface area contributed by atoms with Crippen molar-refractivity contribution in [1.82, 2.24) is 29.9 Å². The van der Waals surface area contributed by atoms with Crippen molar-refractivity contribution in [3.05, 3.63) is 35.9 Å². The summed E-state index contributed by atoms with van der Waals surface area (Å²) in [7, 11) is 5.17. The average molecular weight is 416 g/mol. The van der Waals surface area contributed by atoms with E-state index >= 15 is 0 Å². The number of piperazine rings is 1. The van der Waals surface area contributed by atoms with Crippen LogP contribution >= 0.6 is 0 Å². The van der Waals surface area contributed by atoms with Gasteiger partial charge in [-0.3, -0.25) is 9.89 Å². The standard InChI is InChI=1S/C21H33N7O2/c1-5-20-25-24-16-28(20)9-8-23-21(22-2)27-12-10-26(11-13-27)15-17-6-7-18(29-3)19(14-17)30-4/h6-7,14,16H,5,8-13,15H2,1-4H3,(H,22,23). The van der Waals surface area contributed by atoms with E-state index in [1.807, 2.05) is 13.1 Å². The van der Waals surface area contributed by atoms with Gasteiger partial charge in [-0.05, 0) is 17.7 Å².